The Labute approximate surface area is 128 Å². The highest BCUT2D eigenvalue weighted by Crippen LogP contribution is 2.40. The predicted molar refractivity (Wildman–Crippen MR) is 80.3 cm³/mol. The predicted octanol–water partition coefficient (Wildman–Crippen LogP) is 1.83. The quantitative estimate of drug-likeness (QED) is 0.878. The zero-order valence-electron chi connectivity index (χ0n) is 11.9. The van der Waals surface area contributed by atoms with Gasteiger partial charge in [-0.15, -0.1) is 0 Å². The molecule has 0 aliphatic carbocycles. The van der Waals surface area contributed by atoms with Crippen molar-refractivity contribution >= 4 is 5.91 Å². The molecule has 1 saturated heterocycles. The van der Waals surface area contributed by atoms with Crippen molar-refractivity contribution in [3.8, 4) is 11.5 Å². The number of fused-ring (bicyclic) bond motifs is 1. The molecule has 0 spiro atoms. The van der Waals surface area contributed by atoms with Gasteiger partial charge in [-0.1, -0.05) is 36.4 Å². The largest absolute Gasteiger partial charge is 0.454 e. The van der Waals surface area contributed by atoms with Crippen molar-refractivity contribution in [2.45, 2.75) is 18.6 Å². The summed E-state index contributed by atoms with van der Waals surface area (Å²) in [6.45, 7) is 0.800. The van der Waals surface area contributed by atoms with Crippen molar-refractivity contribution in [3.05, 3.63) is 59.7 Å². The van der Waals surface area contributed by atoms with Gasteiger partial charge in [-0.25, -0.2) is 0 Å². The number of rotatable bonds is 3. The molecule has 0 unspecified atom stereocenters. The molecule has 112 valence electrons. The van der Waals surface area contributed by atoms with Crippen molar-refractivity contribution in [3.63, 3.8) is 0 Å². The molecular weight excluding hydrogens is 280 g/mol. The number of ether oxygens (including phenoxy) is 2. The van der Waals surface area contributed by atoms with Crippen LogP contribution in [0.15, 0.2) is 48.5 Å². The molecule has 1 fully saturated rings. The molecule has 22 heavy (non-hydrogen) atoms. The van der Waals surface area contributed by atoms with Crippen LogP contribution in [0, 0.1) is 0 Å². The van der Waals surface area contributed by atoms with Crippen LogP contribution in [0.25, 0.3) is 0 Å². The highest BCUT2D eigenvalue weighted by molar-refractivity contribution is 5.89. The molecule has 0 aromatic heterocycles. The van der Waals surface area contributed by atoms with Crippen LogP contribution in [0.4, 0.5) is 0 Å². The van der Waals surface area contributed by atoms with Crippen molar-refractivity contribution in [2.24, 2.45) is 5.73 Å². The molecular formula is C17H16N2O3. The fraction of sp³-hybridized carbons (Fsp3) is 0.235. The van der Waals surface area contributed by atoms with Crippen LogP contribution >= 0.6 is 0 Å². The van der Waals surface area contributed by atoms with E-state index in [-0.39, 0.29) is 18.7 Å². The summed E-state index contributed by atoms with van der Waals surface area (Å²) in [6.07, 6.45) is 0. The first kappa shape index (κ1) is 13.2. The highest BCUT2D eigenvalue weighted by atomic mass is 16.7. The van der Waals surface area contributed by atoms with Gasteiger partial charge in [0.15, 0.2) is 11.5 Å². The van der Waals surface area contributed by atoms with Crippen LogP contribution in [0.2, 0.25) is 0 Å². The van der Waals surface area contributed by atoms with Crippen LogP contribution in [-0.4, -0.2) is 23.6 Å². The summed E-state index contributed by atoms with van der Waals surface area (Å²) in [4.78, 5) is 13.9. The zero-order valence-corrected chi connectivity index (χ0v) is 11.9. The normalized spacial score (nSPS) is 22.6. The molecule has 0 radical (unpaired) electrons. The number of nitrogens with two attached hydrogens (primary N) is 1. The van der Waals surface area contributed by atoms with E-state index in [0.717, 1.165) is 16.9 Å². The first-order valence-corrected chi connectivity index (χ1v) is 7.23. The van der Waals surface area contributed by atoms with Crippen LogP contribution in [0.3, 0.4) is 0 Å². The number of carbonyl (C=O) groups is 1. The fourth-order valence-corrected chi connectivity index (χ4v) is 3.02. The highest BCUT2D eigenvalue weighted by Gasteiger charge is 2.45. The van der Waals surface area contributed by atoms with Gasteiger partial charge in [0.05, 0.1) is 6.04 Å². The van der Waals surface area contributed by atoms with Gasteiger partial charge in [-0.2, -0.15) is 0 Å². The minimum atomic E-state index is -0.496. The molecule has 5 nitrogen and oxygen atoms in total. The van der Waals surface area contributed by atoms with Crippen molar-refractivity contribution in [1.29, 1.82) is 0 Å². The summed E-state index contributed by atoms with van der Waals surface area (Å²) in [5, 5.41) is 0. The topological polar surface area (TPSA) is 64.8 Å². The number of nitrogens with zero attached hydrogens (tertiary/aromatic N) is 1. The van der Waals surface area contributed by atoms with Crippen LogP contribution in [-0.2, 0) is 11.3 Å². The molecule has 2 atom stereocenters. The molecule has 2 aromatic rings. The first-order valence-electron chi connectivity index (χ1n) is 7.23. The molecule has 2 heterocycles. The minimum Gasteiger partial charge on any atom is -0.454 e. The Morgan fingerprint density at radius 2 is 1.86 bits per heavy atom. The number of likely N-dealkylation sites (tertiary alicyclic amines) is 1. The minimum absolute atomic E-state index is 0.0217. The zero-order chi connectivity index (χ0) is 15.1. The summed E-state index contributed by atoms with van der Waals surface area (Å²) in [5.41, 5.74) is 8.09. The smallest absolute Gasteiger partial charge is 0.242 e. The van der Waals surface area contributed by atoms with Crippen LogP contribution in [0.1, 0.15) is 17.2 Å². The first-order chi connectivity index (χ1) is 10.7. The lowest BCUT2D eigenvalue weighted by Gasteiger charge is -2.45. The molecule has 4 rings (SSSR count). The lowest BCUT2D eigenvalue weighted by molar-refractivity contribution is -0.150. The lowest BCUT2D eigenvalue weighted by Crippen LogP contribution is -2.62. The average Bonchev–Trinajstić information content (AvgIpc) is 3.02. The summed E-state index contributed by atoms with van der Waals surface area (Å²) >= 11 is 0. The Morgan fingerprint density at radius 3 is 2.68 bits per heavy atom. The third kappa shape index (κ3) is 2.02. The number of benzene rings is 2. The number of β-lactam (4-membered cyclic amide) rings is 1. The Hall–Kier alpha value is -2.53. The van der Waals surface area contributed by atoms with Crippen molar-refractivity contribution in [1.82, 2.24) is 4.90 Å². The van der Waals surface area contributed by atoms with E-state index in [9.17, 15) is 4.79 Å². The molecule has 2 aliphatic rings. The van der Waals surface area contributed by atoms with E-state index in [1.807, 2.05) is 48.5 Å². The molecule has 2 aliphatic heterocycles. The van der Waals surface area contributed by atoms with Gasteiger partial charge in [0.2, 0.25) is 12.7 Å². The second-order valence-corrected chi connectivity index (χ2v) is 5.54. The van der Waals surface area contributed by atoms with Gasteiger partial charge in [0.25, 0.3) is 0 Å². The third-order valence-corrected chi connectivity index (χ3v) is 4.18. The summed E-state index contributed by atoms with van der Waals surface area (Å²) in [5.74, 6) is 1.42. The monoisotopic (exact) mass is 296 g/mol. The number of hydrogen-bond donors (Lipinski definition) is 1. The Balaban J connectivity index is 1.61. The van der Waals surface area contributed by atoms with Gasteiger partial charge in [0, 0.05) is 6.54 Å². The molecule has 2 aromatic carbocycles. The van der Waals surface area contributed by atoms with Gasteiger partial charge in [0.1, 0.15) is 6.04 Å². The van der Waals surface area contributed by atoms with E-state index in [4.69, 9.17) is 15.2 Å². The average molecular weight is 296 g/mol. The molecule has 2 N–H and O–H groups in total. The van der Waals surface area contributed by atoms with Gasteiger partial charge >= 0.3 is 0 Å². The second kappa shape index (κ2) is 5.03. The summed E-state index contributed by atoms with van der Waals surface area (Å²) in [6, 6.07) is 15.0. The van der Waals surface area contributed by atoms with Gasteiger partial charge in [-0.05, 0) is 23.3 Å². The van der Waals surface area contributed by atoms with E-state index < -0.39 is 6.04 Å². The Kier molecular flexibility index (Phi) is 3.01. The standard InChI is InChI=1S/C17H16N2O3/c18-15-16(12-6-7-13-14(8-12)22-10-21-13)19(17(15)20)9-11-4-2-1-3-5-11/h1-8,15-16H,9-10,18H2/t15-,16-/m0/s1. The van der Waals surface area contributed by atoms with Crippen molar-refractivity contribution in [2.75, 3.05) is 6.79 Å². The molecule has 0 saturated carbocycles. The van der Waals surface area contributed by atoms with Crippen molar-refractivity contribution < 1.29 is 14.3 Å². The molecule has 1 amide bonds. The van der Waals surface area contributed by atoms with Crippen LogP contribution in [0.5, 0.6) is 11.5 Å². The van der Waals surface area contributed by atoms with E-state index in [1.54, 1.807) is 4.90 Å². The van der Waals surface area contributed by atoms with E-state index in [2.05, 4.69) is 0 Å². The SMILES string of the molecule is N[C@@H]1C(=O)N(Cc2ccccc2)[C@H]1c1ccc2c(c1)OCO2. The van der Waals surface area contributed by atoms with Gasteiger partial charge < -0.3 is 20.1 Å². The Morgan fingerprint density at radius 1 is 1.09 bits per heavy atom. The fourth-order valence-electron chi connectivity index (χ4n) is 3.02. The van der Waals surface area contributed by atoms with E-state index >= 15 is 0 Å². The summed E-state index contributed by atoms with van der Waals surface area (Å²) < 4.78 is 10.7. The third-order valence-electron chi connectivity index (χ3n) is 4.18. The maximum atomic E-state index is 12.1. The summed E-state index contributed by atoms with van der Waals surface area (Å²) in [7, 11) is 0. The van der Waals surface area contributed by atoms with E-state index in [1.165, 1.54) is 0 Å². The maximum absolute atomic E-state index is 12.1. The van der Waals surface area contributed by atoms with Crippen LogP contribution < -0.4 is 15.2 Å². The maximum Gasteiger partial charge on any atom is 0.242 e. The number of hydrogen-bond acceptors (Lipinski definition) is 4. The lowest BCUT2D eigenvalue weighted by atomic mass is 9.88. The molecule has 5 heteroatoms. The second-order valence-electron chi connectivity index (χ2n) is 5.54. The molecule has 0 bridgehead atoms. The van der Waals surface area contributed by atoms with Gasteiger partial charge in [-0.3, -0.25) is 4.79 Å². The number of amides is 1. The van der Waals surface area contributed by atoms with E-state index in [0.29, 0.717) is 12.3 Å². The number of carbonyl (C=O) groups excluding carboxylic acids is 1. The Bertz CT molecular complexity index is 717.